The predicted molar refractivity (Wildman–Crippen MR) is 121 cm³/mol. The molecule has 2 heterocycles. The van der Waals surface area contributed by atoms with Crippen molar-refractivity contribution >= 4 is 53.1 Å². The lowest BCUT2D eigenvalue weighted by molar-refractivity contribution is 0.504. The summed E-state index contributed by atoms with van der Waals surface area (Å²) in [5.74, 6) is 2.83. The lowest BCUT2D eigenvalue weighted by Crippen LogP contribution is -2.38. The molecule has 0 unspecified atom stereocenters. The number of halogens is 3. The number of hydrogen-bond acceptors (Lipinski definition) is 3. The van der Waals surface area contributed by atoms with Crippen molar-refractivity contribution in [2.75, 3.05) is 13.6 Å². The van der Waals surface area contributed by atoms with Gasteiger partial charge in [-0.2, -0.15) is 0 Å². The molecular weight excluding hydrogens is 498 g/mol. The standard InChI is InChI=1S/C18H24Cl2N6.HI/c1-21-18(22-9-4-5-13-7-8-14(19)11-15(13)20)23-12-17-25-24-16-6-2-3-10-26(16)17;/h7-8,11H,2-6,9-10,12H2,1H3,(H2,21,22,23);1H. The molecule has 1 aromatic heterocycles. The molecule has 0 radical (unpaired) electrons. The zero-order valence-electron chi connectivity index (χ0n) is 15.3. The van der Waals surface area contributed by atoms with Gasteiger partial charge in [0.05, 0.1) is 6.54 Å². The van der Waals surface area contributed by atoms with E-state index in [-0.39, 0.29) is 24.0 Å². The molecule has 148 valence electrons. The second kappa shape index (κ2) is 11.1. The summed E-state index contributed by atoms with van der Waals surface area (Å²) in [6.07, 6.45) is 5.25. The van der Waals surface area contributed by atoms with Crippen molar-refractivity contribution < 1.29 is 0 Å². The molecule has 0 bridgehead atoms. The highest BCUT2D eigenvalue weighted by molar-refractivity contribution is 14.0. The summed E-state index contributed by atoms with van der Waals surface area (Å²) in [6, 6.07) is 5.63. The number of benzene rings is 1. The second-order valence-electron chi connectivity index (χ2n) is 6.33. The minimum atomic E-state index is 0. The van der Waals surface area contributed by atoms with Gasteiger partial charge in [-0.1, -0.05) is 29.3 Å². The van der Waals surface area contributed by atoms with Gasteiger partial charge in [-0.15, -0.1) is 34.2 Å². The molecular formula is C18H25Cl2IN6. The Balaban J connectivity index is 0.00000261. The number of rotatable bonds is 6. The van der Waals surface area contributed by atoms with E-state index < -0.39 is 0 Å². The van der Waals surface area contributed by atoms with E-state index in [0.29, 0.717) is 11.6 Å². The van der Waals surface area contributed by atoms with Crippen LogP contribution in [-0.2, 0) is 25.9 Å². The topological polar surface area (TPSA) is 67.1 Å². The molecule has 6 nitrogen and oxygen atoms in total. The van der Waals surface area contributed by atoms with Crippen molar-refractivity contribution in [1.82, 2.24) is 25.4 Å². The summed E-state index contributed by atoms with van der Waals surface area (Å²) in [4.78, 5) is 4.27. The minimum Gasteiger partial charge on any atom is -0.356 e. The molecule has 3 rings (SSSR count). The minimum absolute atomic E-state index is 0. The first-order valence-electron chi connectivity index (χ1n) is 8.97. The summed E-state index contributed by atoms with van der Waals surface area (Å²) in [7, 11) is 1.77. The molecule has 0 atom stereocenters. The Hall–Kier alpha value is -1.06. The molecule has 0 saturated heterocycles. The number of aliphatic imine (C=N–C) groups is 1. The summed E-state index contributed by atoms with van der Waals surface area (Å²) in [5.41, 5.74) is 1.11. The van der Waals surface area contributed by atoms with E-state index in [1.807, 2.05) is 12.1 Å². The van der Waals surface area contributed by atoms with Gasteiger partial charge in [0.15, 0.2) is 11.8 Å². The highest BCUT2D eigenvalue weighted by Gasteiger charge is 2.15. The van der Waals surface area contributed by atoms with E-state index in [1.165, 1.54) is 12.8 Å². The molecule has 0 fully saturated rings. The van der Waals surface area contributed by atoms with E-state index >= 15 is 0 Å². The number of nitrogens with zero attached hydrogens (tertiary/aromatic N) is 4. The fourth-order valence-electron chi connectivity index (χ4n) is 3.09. The maximum absolute atomic E-state index is 6.21. The third-order valence-corrected chi connectivity index (χ3v) is 5.09. The van der Waals surface area contributed by atoms with Gasteiger partial charge in [0.1, 0.15) is 5.82 Å². The summed E-state index contributed by atoms with van der Waals surface area (Å²) < 4.78 is 2.21. The fraction of sp³-hybridized carbons (Fsp3) is 0.500. The van der Waals surface area contributed by atoms with E-state index in [1.54, 1.807) is 13.1 Å². The SMILES string of the molecule is CN=C(NCCCc1ccc(Cl)cc1Cl)NCc1nnc2n1CCCC2.I. The number of nitrogens with one attached hydrogen (secondary N) is 2. The first-order chi connectivity index (χ1) is 12.7. The zero-order chi connectivity index (χ0) is 18.4. The van der Waals surface area contributed by atoms with Gasteiger partial charge in [-0.05, 0) is 43.4 Å². The quantitative estimate of drug-likeness (QED) is 0.262. The Bertz CT molecular complexity index is 777. The predicted octanol–water partition coefficient (Wildman–Crippen LogP) is 3.84. The molecule has 0 aliphatic carbocycles. The third-order valence-electron chi connectivity index (χ3n) is 4.50. The third kappa shape index (κ3) is 6.22. The van der Waals surface area contributed by atoms with Crippen molar-refractivity contribution in [3.63, 3.8) is 0 Å². The van der Waals surface area contributed by atoms with Gasteiger partial charge in [-0.3, -0.25) is 4.99 Å². The number of guanidine groups is 1. The largest absolute Gasteiger partial charge is 0.356 e. The Morgan fingerprint density at radius 2 is 2.07 bits per heavy atom. The van der Waals surface area contributed by atoms with E-state index in [4.69, 9.17) is 23.2 Å². The van der Waals surface area contributed by atoms with Crippen LogP contribution in [0.3, 0.4) is 0 Å². The fourth-order valence-corrected chi connectivity index (χ4v) is 3.60. The van der Waals surface area contributed by atoms with Crippen molar-refractivity contribution in [2.45, 2.75) is 45.2 Å². The summed E-state index contributed by atoms with van der Waals surface area (Å²) >= 11 is 12.1. The summed E-state index contributed by atoms with van der Waals surface area (Å²) in [5, 5.41) is 16.6. The van der Waals surface area contributed by atoms with Gasteiger partial charge >= 0.3 is 0 Å². The molecule has 0 spiro atoms. The van der Waals surface area contributed by atoms with Crippen LogP contribution < -0.4 is 10.6 Å². The first-order valence-corrected chi connectivity index (χ1v) is 9.72. The maximum atomic E-state index is 6.21. The molecule has 0 saturated carbocycles. The number of hydrogen-bond donors (Lipinski definition) is 2. The summed E-state index contributed by atoms with van der Waals surface area (Å²) in [6.45, 7) is 2.43. The Morgan fingerprint density at radius 1 is 1.22 bits per heavy atom. The molecule has 1 aliphatic rings. The highest BCUT2D eigenvalue weighted by Crippen LogP contribution is 2.21. The van der Waals surface area contributed by atoms with E-state index in [2.05, 4.69) is 30.4 Å². The van der Waals surface area contributed by atoms with Crippen LogP contribution in [0.15, 0.2) is 23.2 Å². The smallest absolute Gasteiger partial charge is 0.191 e. The van der Waals surface area contributed by atoms with Crippen LogP contribution in [0.25, 0.3) is 0 Å². The molecule has 1 aromatic carbocycles. The van der Waals surface area contributed by atoms with E-state index in [9.17, 15) is 0 Å². The van der Waals surface area contributed by atoms with Crippen LogP contribution in [0.5, 0.6) is 0 Å². The van der Waals surface area contributed by atoms with Crippen LogP contribution in [0.4, 0.5) is 0 Å². The van der Waals surface area contributed by atoms with Crippen LogP contribution in [0, 0.1) is 0 Å². The van der Waals surface area contributed by atoms with Gasteiger partial charge in [0.2, 0.25) is 0 Å². The molecule has 9 heteroatoms. The molecule has 0 amide bonds. The Labute approximate surface area is 187 Å². The van der Waals surface area contributed by atoms with Crippen molar-refractivity contribution in [3.8, 4) is 0 Å². The number of aryl methyl sites for hydroxylation is 2. The number of fused-ring (bicyclic) bond motifs is 1. The average molecular weight is 523 g/mol. The van der Waals surface area contributed by atoms with Crippen LogP contribution in [0.1, 0.15) is 36.5 Å². The van der Waals surface area contributed by atoms with Crippen LogP contribution >= 0.6 is 47.2 Å². The highest BCUT2D eigenvalue weighted by atomic mass is 127. The second-order valence-corrected chi connectivity index (χ2v) is 7.18. The zero-order valence-corrected chi connectivity index (χ0v) is 19.2. The van der Waals surface area contributed by atoms with Gasteiger partial charge in [0, 0.05) is 36.6 Å². The van der Waals surface area contributed by atoms with Crippen LogP contribution in [0.2, 0.25) is 10.0 Å². The first kappa shape index (κ1) is 22.2. The van der Waals surface area contributed by atoms with Crippen molar-refractivity contribution in [3.05, 3.63) is 45.5 Å². The average Bonchev–Trinajstić information content (AvgIpc) is 3.06. The van der Waals surface area contributed by atoms with Gasteiger partial charge < -0.3 is 15.2 Å². The molecule has 2 N–H and O–H groups in total. The normalized spacial score (nSPS) is 13.7. The molecule has 2 aromatic rings. The lowest BCUT2D eigenvalue weighted by atomic mass is 10.1. The Kier molecular flexibility index (Phi) is 9.11. The maximum Gasteiger partial charge on any atom is 0.191 e. The Morgan fingerprint density at radius 3 is 2.85 bits per heavy atom. The molecule has 27 heavy (non-hydrogen) atoms. The van der Waals surface area contributed by atoms with Crippen LogP contribution in [-0.4, -0.2) is 34.3 Å². The number of aromatic nitrogens is 3. The van der Waals surface area contributed by atoms with Gasteiger partial charge in [-0.25, -0.2) is 0 Å². The van der Waals surface area contributed by atoms with E-state index in [0.717, 1.165) is 60.5 Å². The van der Waals surface area contributed by atoms with Gasteiger partial charge in [0.25, 0.3) is 0 Å². The lowest BCUT2D eigenvalue weighted by Gasteiger charge is -2.16. The van der Waals surface area contributed by atoms with Crippen molar-refractivity contribution in [1.29, 1.82) is 0 Å². The van der Waals surface area contributed by atoms with Crippen molar-refractivity contribution in [2.24, 2.45) is 4.99 Å². The monoisotopic (exact) mass is 522 g/mol. The molecule has 1 aliphatic heterocycles.